The number of hydrogen-bond acceptors (Lipinski definition) is 3. The van der Waals surface area contributed by atoms with Crippen LogP contribution in [0.2, 0.25) is 10.0 Å². The van der Waals surface area contributed by atoms with Gasteiger partial charge in [0, 0.05) is 15.7 Å². The fourth-order valence-electron chi connectivity index (χ4n) is 1.81. The Morgan fingerprint density at radius 1 is 1.17 bits per heavy atom. The zero-order chi connectivity index (χ0) is 16.8. The van der Waals surface area contributed by atoms with Crippen LogP contribution in [-0.2, 0) is 4.79 Å². The maximum atomic E-state index is 11.8. The van der Waals surface area contributed by atoms with Crippen LogP contribution in [0.4, 0.5) is 5.69 Å². The monoisotopic (exact) mass is 368 g/mol. The summed E-state index contributed by atoms with van der Waals surface area (Å²) in [4.78, 5) is 11.8. The first kappa shape index (κ1) is 17.5. The van der Waals surface area contributed by atoms with E-state index in [2.05, 4.69) is 10.6 Å². The van der Waals surface area contributed by atoms with Gasteiger partial charge in [0.05, 0.1) is 0 Å². The molecule has 23 heavy (non-hydrogen) atoms. The summed E-state index contributed by atoms with van der Waals surface area (Å²) in [6, 6.07) is 12.3. The van der Waals surface area contributed by atoms with Crippen molar-refractivity contribution in [1.82, 2.24) is 5.32 Å². The van der Waals surface area contributed by atoms with Crippen molar-refractivity contribution in [2.45, 2.75) is 6.92 Å². The molecule has 0 spiro atoms. The fourth-order valence-corrected chi connectivity index (χ4v) is 2.56. The Bertz CT molecular complexity index is 718. The summed E-state index contributed by atoms with van der Waals surface area (Å²) in [6.07, 6.45) is 0. The summed E-state index contributed by atoms with van der Waals surface area (Å²) >= 11 is 16.9. The fraction of sp³-hybridized carbons (Fsp3) is 0.125. The summed E-state index contributed by atoms with van der Waals surface area (Å²) in [5.41, 5.74) is 1.64. The SMILES string of the molecule is Cc1cccc(OCC(=O)NC(=S)Nc2cc(Cl)cc(Cl)c2)c1. The Hall–Kier alpha value is -1.82. The van der Waals surface area contributed by atoms with Gasteiger partial charge in [0.25, 0.3) is 5.91 Å². The molecule has 0 fully saturated rings. The molecule has 1 amide bonds. The molecule has 0 aliphatic carbocycles. The standard InChI is InChI=1S/C16H14Cl2N2O2S/c1-10-3-2-4-14(5-10)22-9-15(21)20-16(23)19-13-7-11(17)6-12(18)8-13/h2-8H,9H2,1H3,(H2,19,20,21,23). The molecule has 0 saturated carbocycles. The van der Waals surface area contributed by atoms with Crippen LogP contribution in [0, 0.1) is 6.92 Å². The van der Waals surface area contributed by atoms with Crippen LogP contribution in [0.3, 0.4) is 0 Å². The minimum Gasteiger partial charge on any atom is -0.484 e. The van der Waals surface area contributed by atoms with E-state index in [1.165, 1.54) is 0 Å². The molecule has 0 bridgehead atoms. The second-order valence-electron chi connectivity index (χ2n) is 4.77. The summed E-state index contributed by atoms with van der Waals surface area (Å²) in [5.74, 6) is 0.262. The molecule has 0 radical (unpaired) electrons. The van der Waals surface area contributed by atoms with Gasteiger partial charge in [-0.25, -0.2) is 0 Å². The molecule has 2 N–H and O–H groups in total. The van der Waals surface area contributed by atoms with Gasteiger partial charge in [0.2, 0.25) is 0 Å². The van der Waals surface area contributed by atoms with Gasteiger partial charge < -0.3 is 10.1 Å². The average Bonchev–Trinajstić information content (AvgIpc) is 2.44. The third kappa shape index (κ3) is 6.06. The van der Waals surface area contributed by atoms with E-state index < -0.39 is 0 Å². The van der Waals surface area contributed by atoms with E-state index in [9.17, 15) is 4.79 Å². The van der Waals surface area contributed by atoms with Gasteiger partial charge in [-0.2, -0.15) is 0 Å². The topological polar surface area (TPSA) is 50.4 Å². The molecule has 0 heterocycles. The number of anilines is 1. The lowest BCUT2D eigenvalue weighted by molar-refractivity contribution is -0.121. The number of rotatable bonds is 4. The van der Waals surface area contributed by atoms with Gasteiger partial charge in [0.15, 0.2) is 11.7 Å². The number of carbonyl (C=O) groups excluding carboxylic acids is 1. The van der Waals surface area contributed by atoms with Crippen molar-refractivity contribution < 1.29 is 9.53 Å². The number of halogens is 2. The van der Waals surface area contributed by atoms with Crippen LogP contribution in [0.25, 0.3) is 0 Å². The number of thiocarbonyl (C=S) groups is 1. The third-order valence-corrected chi connectivity index (χ3v) is 3.37. The summed E-state index contributed by atoms with van der Waals surface area (Å²) in [6.45, 7) is 1.81. The molecule has 0 unspecified atom stereocenters. The number of hydrogen-bond donors (Lipinski definition) is 2. The number of ether oxygens (including phenoxy) is 1. The molecule has 4 nitrogen and oxygen atoms in total. The van der Waals surface area contributed by atoms with Crippen LogP contribution in [-0.4, -0.2) is 17.6 Å². The van der Waals surface area contributed by atoms with Crippen LogP contribution in [0.15, 0.2) is 42.5 Å². The smallest absolute Gasteiger partial charge is 0.264 e. The highest BCUT2D eigenvalue weighted by Crippen LogP contribution is 2.22. The second-order valence-corrected chi connectivity index (χ2v) is 6.05. The largest absolute Gasteiger partial charge is 0.484 e. The van der Waals surface area contributed by atoms with Crippen molar-refractivity contribution in [3.63, 3.8) is 0 Å². The van der Waals surface area contributed by atoms with Gasteiger partial charge >= 0.3 is 0 Å². The van der Waals surface area contributed by atoms with E-state index >= 15 is 0 Å². The Kier molecular flexibility index (Phi) is 6.21. The van der Waals surface area contributed by atoms with Gasteiger partial charge in [0.1, 0.15) is 5.75 Å². The van der Waals surface area contributed by atoms with Crippen molar-refractivity contribution in [2.75, 3.05) is 11.9 Å². The van der Waals surface area contributed by atoms with Crippen molar-refractivity contribution in [3.8, 4) is 5.75 Å². The van der Waals surface area contributed by atoms with Crippen LogP contribution < -0.4 is 15.4 Å². The second kappa shape index (κ2) is 8.15. The van der Waals surface area contributed by atoms with E-state index in [1.54, 1.807) is 24.3 Å². The molecule has 2 aromatic rings. The maximum Gasteiger partial charge on any atom is 0.264 e. The average molecular weight is 369 g/mol. The number of amides is 1. The zero-order valence-electron chi connectivity index (χ0n) is 12.2. The Morgan fingerprint density at radius 2 is 1.87 bits per heavy atom. The highest BCUT2D eigenvalue weighted by molar-refractivity contribution is 7.80. The normalized spacial score (nSPS) is 10.0. The van der Waals surface area contributed by atoms with Crippen molar-refractivity contribution in [2.24, 2.45) is 0 Å². The summed E-state index contributed by atoms with van der Waals surface area (Å²) in [5, 5.41) is 6.44. The van der Waals surface area contributed by atoms with E-state index in [0.717, 1.165) is 5.56 Å². The number of nitrogens with one attached hydrogen (secondary N) is 2. The lowest BCUT2D eigenvalue weighted by Crippen LogP contribution is -2.37. The van der Waals surface area contributed by atoms with E-state index in [0.29, 0.717) is 21.5 Å². The minimum absolute atomic E-state index is 0.137. The van der Waals surface area contributed by atoms with Crippen LogP contribution in [0.5, 0.6) is 5.75 Å². The Balaban J connectivity index is 1.83. The van der Waals surface area contributed by atoms with E-state index in [1.807, 2.05) is 25.1 Å². The first-order valence-electron chi connectivity index (χ1n) is 6.69. The molecule has 7 heteroatoms. The molecule has 2 rings (SSSR count). The molecule has 0 aliphatic heterocycles. The van der Waals surface area contributed by atoms with Crippen molar-refractivity contribution in [3.05, 3.63) is 58.1 Å². The first-order chi connectivity index (χ1) is 10.9. The van der Waals surface area contributed by atoms with Gasteiger partial charge in [-0.15, -0.1) is 0 Å². The minimum atomic E-state index is -0.364. The molecule has 0 aliphatic rings. The van der Waals surface area contributed by atoms with Crippen LogP contribution >= 0.6 is 35.4 Å². The Morgan fingerprint density at radius 3 is 2.52 bits per heavy atom. The Labute approximate surface area is 149 Å². The molecule has 2 aromatic carbocycles. The lowest BCUT2D eigenvalue weighted by Gasteiger charge is -2.11. The molecule has 0 atom stereocenters. The highest BCUT2D eigenvalue weighted by Gasteiger charge is 2.07. The number of aryl methyl sites for hydroxylation is 1. The summed E-state index contributed by atoms with van der Waals surface area (Å²) < 4.78 is 5.40. The highest BCUT2D eigenvalue weighted by atomic mass is 35.5. The molecule has 0 aromatic heterocycles. The van der Waals surface area contributed by atoms with Gasteiger partial charge in [-0.1, -0.05) is 35.3 Å². The summed E-state index contributed by atoms with van der Waals surface area (Å²) in [7, 11) is 0. The lowest BCUT2D eigenvalue weighted by atomic mass is 10.2. The van der Waals surface area contributed by atoms with Gasteiger partial charge in [-0.3, -0.25) is 10.1 Å². The number of carbonyl (C=O) groups is 1. The molecule has 120 valence electrons. The third-order valence-electron chi connectivity index (χ3n) is 2.73. The maximum absolute atomic E-state index is 11.8. The quantitative estimate of drug-likeness (QED) is 0.794. The van der Waals surface area contributed by atoms with Crippen molar-refractivity contribution >= 4 is 52.1 Å². The zero-order valence-corrected chi connectivity index (χ0v) is 14.6. The molecular weight excluding hydrogens is 355 g/mol. The van der Waals surface area contributed by atoms with Crippen molar-refractivity contribution in [1.29, 1.82) is 0 Å². The number of benzene rings is 2. The predicted octanol–water partition coefficient (Wildman–Crippen LogP) is 4.19. The predicted molar refractivity (Wildman–Crippen MR) is 97.5 cm³/mol. The van der Waals surface area contributed by atoms with E-state index in [4.69, 9.17) is 40.2 Å². The molecule has 0 saturated heterocycles. The first-order valence-corrected chi connectivity index (χ1v) is 7.85. The van der Waals surface area contributed by atoms with Gasteiger partial charge in [-0.05, 0) is 55.0 Å². The van der Waals surface area contributed by atoms with Crippen LogP contribution in [0.1, 0.15) is 5.56 Å². The molecular formula is C16H14Cl2N2O2S. The van der Waals surface area contributed by atoms with E-state index in [-0.39, 0.29) is 17.6 Å².